The van der Waals surface area contributed by atoms with Crippen molar-refractivity contribution in [3.05, 3.63) is 39.7 Å². The van der Waals surface area contributed by atoms with Gasteiger partial charge >= 0.3 is 0 Å². The van der Waals surface area contributed by atoms with E-state index in [1.165, 1.54) is 15.6 Å². The molecule has 11 heteroatoms. The molecule has 0 atom stereocenters. The monoisotopic (exact) mass is 494 g/mol. The van der Waals surface area contributed by atoms with E-state index in [9.17, 15) is 13.2 Å². The van der Waals surface area contributed by atoms with E-state index in [2.05, 4.69) is 15.5 Å². The fourth-order valence-electron chi connectivity index (χ4n) is 3.63. The Morgan fingerprint density at radius 1 is 1.09 bits per heavy atom. The second-order valence-electron chi connectivity index (χ2n) is 7.63. The summed E-state index contributed by atoms with van der Waals surface area (Å²) in [6.45, 7) is 1.53. The van der Waals surface area contributed by atoms with Crippen LogP contribution in [0.25, 0.3) is 10.7 Å². The van der Waals surface area contributed by atoms with E-state index in [1.54, 1.807) is 22.8 Å². The number of carbonyl (C=O) groups excluding carboxylic acids is 1. The number of hydrogen-bond donors (Lipinski definition) is 1. The summed E-state index contributed by atoms with van der Waals surface area (Å²) < 4.78 is 32.7. The third-order valence-corrected chi connectivity index (χ3v) is 9.18. The zero-order chi connectivity index (χ0) is 22.4. The Morgan fingerprint density at radius 2 is 1.94 bits per heavy atom. The Bertz CT molecular complexity index is 1120. The number of rotatable bonds is 10. The van der Waals surface area contributed by atoms with E-state index in [0.717, 1.165) is 43.4 Å². The lowest BCUT2D eigenvalue weighted by atomic mass is 10.2. The number of sulfonamides is 1. The average molecular weight is 495 g/mol. The van der Waals surface area contributed by atoms with Crippen molar-refractivity contribution in [3.63, 3.8) is 0 Å². The molecule has 1 amide bonds. The van der Waals surface area contributed by atoms with E-state index >= 15 is 0 Å². The minimum absolute atomic E-state index is 0.125. The molecule has 1 aliphatic heterocycles. The van der Waals surface area contributed by atoms with Crippen LogP contribution >= 0.6 is 22.7 Å². The Kier molecular flexibility index (Phi) is 7.71. The van der Waals surface area contributed by atoms with Crippen molar-refractivity contribution in [2.75, 3.05) is 19.6 Å². The molecule has 172 valence electrons. The van der Waals surface area contributed by atoms with Crippen molar-refractivity contribution in [2.45, 2.75) is 49.8 Å². The van der Waals surface area contributed by atoms with Crippen LogP contribution < -0.4 is 5.32 Å². The van der Waals surface area contributed by atoms with Crippen LogP contribution in [-0.2, 0) is 16.4 Å². The first kappa shape index (κ1) is 23.1. The number of aromatic nitrogens is 2. The van der Waals surface area contributed by atoms with Crippen molar-refractivity contribution in [2.24, 2.45) is 0 Å². The molecule has 4 heterocycles. The Hall–Kier alpha value is -2.08. The second-order valence-corrected chi connectivity index (χ2v) is 11.4. The molecule has 0 aromatic carbocycles. The number of nitrogens with zero attached hydrogens (tertiary/aromatic N) is 3. The van der Waals surface area contributed by atoms with E-state index in [0.29, 0.717) is 37.8 Å². The van der Waals surface area contributed by atoms with Gasteiger partial charge in [0.2, 0.25) is 21.7 Å². The molecule has 1 saturated heterocycles. The van der Waals surface area contributed by atoms with Crippen LogP contribution in [0.15, 0.2) is 38.4 Å². The first-order valence-corrected chi connectivity index (χ1v) is 14.0. The molecule has 0 bridgehead atoms. The fourth-order valence-corrected chi connectivity index (χ4v) is 7.12. The van der Waals surface area contributed by atoms with Gasteiger partial charge in [0.15, 0.2) is 0 Å². The predicted molar refractivity (Wildman–Crippen MR) is 124 cm³/mol. The van der Waals surface area contributed by atoms with E-state index in [-0.39, 0.29) is 15.7 Å². The number of unbranched alkanes of at least 4 members (excludes halogenated alkanes) is 2. The van der Waals surface area contributed by atoms with Gasteiger partial charge in [-0.15, -0.1) is 22.7 Å². The highest BCUT2D eigenvalue weighted by Gasteiger charge is 2.30. The maximum atomic E-state index is 12.9. The molecule has 0 saturated carbocycles. The van der Waals surface area contributed by atoms with Crippen LogP contribution in [-0.4, -0.2) is 48.4 Å². The molecule has 1 aliphatic rings. The number of aryl methyl sites for hydroxylation is 1. The number of carbonyl (C=O) groups is 1. The lowest BCUT2D eigenvalue weighted by Gasteiger charge is -2.25. The summed E-state index contributed by atoms with van der Waals surface area (Å²) in [5.41, 5.74) is 0. The third kappa shape index (κ3) is 5.45. The van der Waals surface area contributed by atoms with Crippen LogP contribution in [0.2, 0.25) is 0 Å². The van der Waals surface area contributed by atoms with Crippen LogP contribution in [0, 0.1) is 0 Å². The summed E-state index contributed by atoms with van der Waals surface area (Å²) in [4.78, 5) is 18.4. The minimum Gasteiger partial charge on any atom is -0.351 e. The maximum absolute atomic E-state index is 12.9. The van der Waals surface area contributed by atoms with Crippen molar-refractivity contribution in [3.8, 4) is 10.7 Å². The highest BCUT2D eigenvalue weighted by molar-refractivity contribution is 7.89. The van der Waals surface area contributed by atoms with Crippen molar-refractivity contribution in [1.29, 1.82) is 0 Å². The van der Waals surface area contributed by atoms with Gasteiger partial charge in [-0.25, -0.2) is 8.42 Å². The molecule has 32 heavy (non-hydrogen) atoms. The van der Waals surface area contributed by atoms with Crippen molar-refractivity contribution in [1.82, 2.24) is 19.8 Å². The Labute approximate surface area is 195 Å². The van der Waals surface area contributed by atoms with Gasteiger partial charge in [0.1, 0.15) is 9.77 Å². The first-order chi connectivity index (χ1) is 15.6. The number of amides is 1. The summed E-state index contributed by atoms with van der Waals surface area (Å²) >= 11 is 2.74. The summed E-state index contributed by atoms with van der Waals surface area (Å²) in [5, 5.41) is 10.5. The second kappa shape index (κ2) is 10.7. The SMILES string of the molecule is O=C(NCCCCCc1nc(-c2cccs2)no1)c1sccc1S(=O)(=O)N1CCCCC1. The van der Waals surface area contributed by atoms with Gasteiger partial charge in [0.05, 0.1) is 4.88 Å². The average Bonchev–Trinajstić information content (AvgIpc) is 3.57. The highest BCUT2D eigenvalue weighted by atomic mass is 32.2. The van der Waals surface area contributed by atoms with Gasteiger partial charge in [-0.05, 0) is 48.6 Å². The number of nitrogens with one attached hydrogen (secondary N) is 1. The van der Waals surface area contributed by atoms with Gasteiger partial charge in [-0.1, -0.05) is 24.1 Å². The quantitative estimate of drug-likeness (QED) is 0.424. The number of hydrogen-bond acceptors (Lipinski definition) is 8. The van der Waals surface area contributed by atoms with Gasteiger partial charge in [0.25, 0.3) is 5.91 Å². The Balaban J connectivity index is 1.21. The van der Waals surface area contributed by atoms with E-state index in [1.807, 2.05) is 17.5 Å². The smallest absolute Gasteiger partial charge is 0.262 e. The molecule has 0 radical (unpaired) electrons. The molecule has 1 N–H and O–H groups in total. The lowest BCUT2D eigenvalue weighted by molar-refractivity contribution is 0.0953. The van der Waals surface area contributed by atoms with E-state index in [4.69, 9.17) is 4.52 Å². The molecular weight excluding hydrogens is 468 g/mol. The van der Waals surface area contributed by atoms with Crippen molar-refractivity contribution < 1.29 is 17.7 Å². The first-order valence-electron chi connectivity index (χ1n) is 10.8. The van der Waals surface area contributed by atoms with Crippen LogP contribution in [0.1, 0.15) is 54.1 Å². The number of piperidine rings is 1. The molecule has 0 unspecified atom stereocenters. The third-order valence-electron chi connectivity index (χ3n) is 5.33. The molecule has 3 aromatic rings. The summed E-state index contributed by atoms with van der Waals surface area (Å²) in [6.07, 6.45) is 6.02. The summed E-state index contributed by atoms with van der Waals surface area (Å²) in [6, 6.07) is 5.45. The van der Waals surface area contributed by atoms with Crippen molar-refractivity contribution >= 4 is 38.6 Å². The standard InChI is InChI=1S/C21H26N4O4S3/c26-21(19-17(10-15-31-19)32(27,28)25-12-5-2-6-13-25)22-11-4-1-3-9-18-23-20(24-29-18)16-8-7-14-30-16/h7-8,10,14-15H,1-6,9,11-13H2,(H,22,26). The zero-order valence-electron chi connectivity index (χ0n) is 17.7. The normalized spacial score (nSPS) is 15.1. The zero-order valence-corrected chi connectivity index (χ0v) is 20.1. The van der Waals surface area contributed by atoms with Gasteiger partial charge in [0, 0.05) is 26.1 Å². The van der Waals surface area contributed by atoms with Gasteiger partial charge < -0.3 is 9.84 Å². The minimum atomic E-state index is -3.62. The molecule has 8 nitrogen and oxygen atoms in total. The topological polar surface area (TPSA) is 105 Å². The van der Waals surface area contributed by atoms with Crippen LogP contribution in [0.3, 0.4) is 0 Å². The predicted octanol–water partition coefficient (Wildman–Crippen LogP) is 4.18. The van der Waals surface area contributed by atoms with Crippen LogP contribution in [0.5, 0.6) is 0 Å². The van der Waals surface area contributed by atoms with E-state index < -0.39 is 10.0 Å². The molecule has 1 fully saturated rings. The fraction of sp³-hybridized carbons (Fsp3) is 0.476. The summed E-state index contributed by atoms with van der Waals surface area (Å²) in [5.74, 6) is 0.908. The lowest BCUT2D eigenvalue weighted by Crippen LogP contribution is -2.36. The molecule has 0 spiro atoms. The Morgan fingerprint density at radius 3 is 2.72 bits per heavy atom. The largest absolute Gasteiger partial charge is 0.351 e. The molecule has 3 aromatic heterocycles. The van der Waals surface area contributed by atoms with Gasteiger partial charge in [-0.3, -0.25) is 4.79 Å². The van der Waals surface area contributed by atoms with Gasteiger partial charge in [-0.2, -0.15) is 9.29 Å². The highest BCUT2D eigenvalue weighted by Crippen LogP contribution is 2.27. The molecule has 0 aliphatic carbocycles. The molecule has 4 rings (SSSR count). The van der Waals surface area contributed by atoms with Crippen LogP contribution in [0.4, 0.5) is 0 Å². The number of thiophene rings is 2. The molecular formula is C21H26N4O4S3. The maximum Gasteiger partial charge on any atom is 0.262 e. The summed E-state index contributed by atoms with van der Waals surface area (Å²) in [7, 11) is -3.62.